The standard InChI is InChI=1S/C18H21N7O/c1-19-16-8-17(24-11-23-16)25-10-13(26)7-12(25)9-22-15-4-6-21-18-14(15)3-2-5-20-18/h2-6,8,11-13,26H,7,9-10H2,1H3,(H,19,23,24)(H,20,21,22)/t12-,13-/m1/s1. The van der Waals surface area contributed by atoms with Gasteiger partial charge < -0.3 is 20.6 Å². The molecule has 1 aliphatic rings. The number of hydrogen-bond acceptors (Lipinski definition) is 8. The Kier molecular flexibility index (Phi) is 4.49. The van der Waals surface area contributed by atoms with Gasteiger partial charge >= 0.3 is 0 Å². The van der Waals surface area contributed by atoms with E-state index in [1.807, 2.05) is 31.3 Å². The van der Waals surface area contributed by atoms with E-state index in [1.54, 1.807) is 18.7 Å². The fourth-order valence-corrected chi connectivity index (χ4v) is 3.37. The molecule has 4 heterocycles. The minimum atomic E-state index is -0.370. The second-order valence-electron chi connectivity index (χ2n) is 6.32. The van der Waals surface area contributed by atoms with Gasteiger partial charge in [0.1, 0.15) is 18.0 Å². The van der Waals surface area contributed by atoms with Crippen molar-refractivity contribution < 1.29 is 5.11 Å². The molecule has 0 bridgehead atoms. The van der Waals surface area contributed by atoms with Crippen molar-refractivity contribution in [2.24, 2.45) is 0 Å². The maximum Gasteiger partial charge on any atom is 0.161 e. The van der Waals surface area contributed by atoms with Gasteiger partial charge in [-0.1, -0.05) is 0 Å². The highest BCUT2D eigenvalue weighted by molar-refractivity contribution is 5.88. The number of pyridine rings is 2. The number of aromatic nitrogens is 4. The van der Waals surface area contributed by atoms with Crippen molar-refractivity contribution in [3.63, 3.8) is 0 Å². The highest BCUT2D eigenvalue weighted by Crippen LogP contribution is 2.26. The average molecular weight is 351 g/mol. The molecule has 0 unspecified atom stereocenters. The van der Waals surface area contributed by atoms with E-state index >= 15 is 0 Å². The molecule has 8 nitrogen and oxygen atoms in total. The number of rotatable bonds is 5. The molecule has 1 fully saturated rings. The highest BCUT2D eigenvalue weighted by Gasteiger charge is 2.32. The largest absolute Gasteiger partial charge is 0.391 e. The Labute approximate surface area is 151 Å². The van der Waals surface area contributed by atoms with Crippen LogP contribution < -0.4 is 15.5 Å². The van der Waals surface area contributed by atoms with Gasteiger partial charge in [0.15, 0.2) is 5.65 Å². The summed E-state index contributed by atoms with van der Waals surface area (Å²) in [6.07, 6.45) is 5.35. The first-order valence-corrected chi connectivity index (χ1v) is 8.62. The zero-order valence-electron chi connectivity index (χ0n) is 14.5. The van der Waals surface area contributed by atoms with Crippen LogP contribution in [0, 0.1) is 0 Å². The van der Waals surface area contributed by atoms with Crippen molar-refractivity contribution in [1.82, 2.24) is 19.9 Å². The topological polar surface area (TPSA) is 99.1 Å². The average Bonchev–Trinajstić information content (AvgIpc) is 3.07. The molecule has 0 aromatic carbocycles. The molecule has 0 radical (unpaired) electrons. The molecule has 3 N–H and O–H groups in total. The zero-order chi connectivity index (χ0) is 17.9. The minimum absolute atomic E-state index is 0.129. The molecule has 2 atom stereocenters. The van der Waals surface area contributed by atoms with Crippen LogP contribution in [0.15, 0.2) is 43.0 Å². The van der Waals surface area contributed by atoms with Crippen molar-refractivity contribution >= 4 is 28.4 Å². The molecule has 3 aromatic rings. The van der Waals surface area contributed by atoms with E-state index in [4.69, 9.17) is 0 Å². The lowest BCUT2D eigenvalue weighted by molar-refractivity contribution is 0.194. The monoisotopic (exact) mass is 351 g/mol. The van der Waals surface area contributed by atoms with E-state index in [-0.39, 0.29) is 12.1 Å². The Balaban J connectivity index is 1.54. The highest BCUT2D eigenvalue weighted by atomic mass is 16.3. The van der Waals surface area contributed by atoms with Gasteiger partial charge in [-0.05, 0) is 24.6 Å². The van der Waals surface area contributed by atoms with Crippen molar-refractivity contribution in [1.29, 1.82) is 0 Å². The van der Waals surface area contributed by atoms with Gasteiger partial charge in [-0.2, -0.15) is 0 Å². The van der Waals surface area contributed by atoms with Gasteiger partial charge in [0.05, 0.1) is 12.1 Å². The lowest BCUT2D eigenvalue weighted by Gasteiger charge is -2.26. The lowest BCUT2D eigenvalue weighted by Crippen LogP contribution is -2.35. The third-order valence-electron chi connectivity index (χ3n) is 4.64. The van der Waals surface area contributed by atoms with Crippen LogP contribution in [-0.4, -0.2) is 57.3 Å². The first kappa shape index (κ1) is 16.5. The maximum absolute atomic E-state index is 10.2. The number of fused-ring (bicyclic) bond motifs is 1. The number of anilines is 3. The number of β-amino-alcohol motifs (C(OH)–C–C–N with tert-alkyl or cyclic N) is 1. The summed E-state index contributed by atoms with van der Waals surface area (Å²) < 4.78 is 0. The van der Waals surface area contributed by atoms with Gasteiger partial charge in [0.2, 0.25) is 0 Å². The number of aliphatic hydroxyl groups excluding tert-OH is 1. The summed E-state index contributed by atoms with van der Waals surface area (Å²) in [5.74, 6) is 1.57. The summed E-state index contributed by atoms with van der Waals surface area (Å²) in [5, 5.41) is 17.7. The van der Waals surface area contributed by atoms with E-state index in [1.165, 1.54) is 0 Å². The van der Waals surface area contributed by atoms with Crippen molar-refractivity contribution in [3.8, 4) is 0 Å². The Hall–Kier alpha value is -3.00. The van der Waals surface area contributed by atoms with Crippen molar-refractivity contribution in [2.45, 2.75) is 18.6 Å². The molecule has 8 heteroatoms. The molecule has 26 heavy (non-hydrogen) atoms. The van der Waals surface area contributed by atoms with Crippen LogP contribution in [0.5, 0.6) is 0 Å². The van der Waals surface area contributed by atoms with E-state index in [9.17, 15) is 5.11 Å². The molecule has 134 valence electrons. The summed E-state index contributed by atoms with van der Waals surface area (Å²) in [6.45, 7) is 1.25. The summed E-state index contributed by atoms with van der Waals surface area (Å²) in [5.41, 5.74) is 1.71. The second kappa shape index (κ2) is 7.09. The van der Waals surface area contributed by atoms with Crippen LogP contribution in [-0.2, 0) is 0 Å². The Morgan fingerprint density at radius 3 is 2.96 bits per heavy atom. The Bertz CT molecular complexity index is 898. The van der Waals surface area contributed by atoms with E-state index < -0.39 is 0 Å². The Morgan fingerprint density at radius 1 is 1.19 bits per heavy atom. The zero-order valence-corrected chi connectivity index (χ0v) is 14.5. The van der Waals surface area contributed by atoms with Gasteiger partial charge in [-0.3, -0.25) is 0 Å². The smallest absolute Gasteiger partial charge is 0.161 e. The molecule has 1 saturated heterocycles. The third-order valence-corrected chi connectivity index (χ3v) is 4.64. The fraction of sp³-hybridized carbons (Fsp3) is 0.333. The van der Waals surface area contributed by atoms with Crippen LogP contribution in [0.1, 0.15) is 6.42 Å². The van der Waals surface area contributed by atoms with Crippen LogP contribution >= 0.6 is 0 Å². The number of hydrogen-bond donors (Lipinski definition) is 3. The number of nitrogens with one attached hydrogen (secondary N) is 2. The Morgan fingerprint density at radius 2 is 2.08 bits per heavy atom. The van der Waals surface area contributed by atoms with E-state index in [2.05, 4.69) is 35.5 Å². The molecule has 0 spiro atoms. The normalized spacial score (nSPS) is 19.7. The fourth-order valence-electron chi connectivity index (χ4n) is 3.37. The van der Waals surface area contributed by atoms with E-state index in [0.29, 0.717) is 19.5 Å². The molecule has 0 aliphatic carbocycles. The summed E-state index contributed by atoms with van der Waals surface area (Å²) in [4.78, 5) is 19.2. The molecule has 1 aliphatic heterocycles. The minimum Gasteiger partial charge on any atom is -0.391 e. The lowest BCUT2D eigenvalue weighted by atomic mass is 10.2. The molecule has 0 saturated carbocycles. The summed E-state index contributed by atoms with van der Waals surface area (Å²) >= 11 is 0. The summed E-state index contributed by atoms with van der Waals surface area (Å²) in [6, 6.07) is 7.88. The van der Waals surface area contributed by atoms with Crippen molar-refractivity contribution in [2.75, 3.05) is 35.7 Å². The predicted molar refractivity (Wildman–Crippen MR) is 101 cm³/mol. The molecule has 3 aromatic heterocycles. The van der Waals surface area contributed by atoms with Crippen molar-refractivity contribution in [3.05, 3.63) is 43.0 Å². The first-order valence-electron chi connectivity index (χ1n) is 8.62. The van der Waals surface area contributed by atoms with E-state index in [0.717, 1.165) is 28.4 Å². The molecular formula is C18H21N7O. The van der Waals surface area contributed by atoms with Crippen LogP contribution in [0.25, 0.3) is 11.0 Å². The number of nitrogens with zero attached hydrogens (tertiary/aromatic N) is 5. The SMILES string of the molecule is CNc1cc(N2C[C@H](O)C[C@@H]2CNc2ccnc3ncccc23)ncn1. The maximum atomic E-state index is 10.2. The molecule has 0 amide bonds. The first-order chi connectivity index (χ1) is 12.7. The van der Waals surface area contributed by atoms with Gasteiger partial charge in [-0.25, -0.2) is 19.9 Å². The number of aliphatic hydroxyl groups is 1. The van der Waals surface area contributed by atoms with Gasteiger partial charge in [-0.15, -0.1) is 0 Å². The van der Waals surface area contributed by atoms with Crippen LogP contribution in [0.3, 0.4) is 0 Å². The van der Waals surface area contributed by atoms with Gasteiger partial charge in [0.25, 0.3) is 0 Å². The molecule has 4 rings (SSSR count). The molecular weight excluding hydrogens is 330 g/mol. The summed E-state index contributed by atoms with van der Waals surface area (Å²) in [7, 11) is 1.83. The predicted octanol–water partition coefficient (Wildman–Crippen LogP) is 1.51. The van der Waals surface area contributed by atoms with Crippen LogP contribution in [0.4, 0.5) is 17.3 Å². The third kappa shape index (κ3) is 3.23. The second-order valence-corrected chi connectivity index (χ2v) is 6.32. The quantitative estimate of drug-likeness (QED) is 0.636. The van der Waals surface area contributed by atoms with Gasteiger partial charge in [0, 0.05) is 49.7 Å². The van der Waals surface area contributed by atoms with Crippen LogP contribution in [0.2, 0.25) is 0 Å².